The lowest BCUT2D eigenvalue weighted by atomic mass is 10.0. The third-order valence-corrected chi connectivity index (χ3v) is 4.36. The minimum Gasteiger partial charge on any atom is -0.497 e. The molecule has 0 fully saturated rings. The number of carbonyl (C=O) groups excluding carboxylic acids is 2. The van der Waals surface area contributed by atoms with Crippen LogP contribution in [0.15, 0.2) is 42.5 Å². The number of hydrogen-bond acceptors (Lipinski definition) is 4. The largest absolute Gasteiger partial charge is 0.497 e. The topological polar surface area (TPSA) is 67.9 Å². The van der Waals surface area contributed by atoms with Gasteiger partial charge in [0, 0.05) is 16.7 Å². The van der Waals surface area contributed by atoms with E-state index in [2.05, 4.69) is 5.43 Å². The molecule has 0 aliphatic heterocycles. The lowest BCUT2D eigenvalue weighted by Gasteiger charge is -2.35. The zero-order valence-electron chi connectivity index (χ0n) is 17.3. The Morgan fingerprint density at radius 3 is 2.29 bits per heavy atom. The Morgan fingerprint density at radius 1 is 1.04 bits per heavy atom. The Balaban J connectivity index is 2.38. The second-order valence-corrected chi connectivity index (χ2v) is 7.32. The molecular weight excluding hydrogens is 356 g/mol. The number of nitrogens with one attached hydrogen (secondary N) is 1. The van der Waals surface area contributed by atoms with E-state index in [0.717, 1.165) is 5.56 Å². The molecule has 0 spiro atoms. The zero-order valence-corrected chi connectivity index (χ0v) is 17.3. The molecule has 6 nitrogen and oxygen atoms in total. The summed E-state index contributed by atoms with van der Waals surface area (Å²) >= 11 is 0. The van der Waals surface area contributed by atoms with Crippen molar-refractivity contribution >= 4 is 11.8 Å². The molecule has 0 bridgehead atoms. The Morgan fingerprint density at radius 2 is 1.71 bits per heavy atom. The lowest BCUT2D eigenvalue weighted by Crippen LogP contribution is -2.56. The number of carbonyl (C=O) groups is 2. The van der Waals surface area contributed by atoms with Crippen molar-refractivity contribution in [3.05, 3.63) is 59.2 Å². The molecule has 0 saturated carbocycles. The molecule has 0 atom stereocenters. The van der Waals surface area contributed by atoms with E-state index < -0.39 is 5.54 Å². The molecule has 0 radical (unpaired) electrons. The summed E-state index contributed by atoms with van der Waals surface area (Å²) in [6, 6.07) is 12.2. The van der Waals surface area contributed by atoms with Crippen molar-refractivity contribution in [3.8, 4) is 11.5 Å². The Hall–Kier alpha value is -3.02. The van der Waals surface area contributed by atoms with E-state index in [0.29, 0.717) is 29.0 Å². The molecule has 0 unspecified atom stereocenters. The quantitative estimate of drug-likeness (QED) is 0.795. The average Bonchev–Trinajstić information content (AvgIpc) is 2.69. The van der Waals surface area contributed by atoms with Crippen LogP contribution >= 0.6 is 0 Å². The highest BCUT2D eigenvalue weighted by atomic mass is 16.5. The number of ether oxygens (including phenoxy) is 2. The molecule has 150 valence electrons. The molecular formula is C22H28N2O4. The van der Waals surface area contributed by atoms with Gasteiger partial charge in [-0.15, -0.1) is 0 Å². The second-order valence-electron chi connectivity index (χ2n) is 7.32. The molecule has 2 rings (SSSR count). The van der Waals surface area contributed by atoms with E-state index in [1.54, 1.807) is 50.6 Å². The Kier molecular flexibility index (Phi) is 6.67. The minimum atomic E-state index is -0.638. The molecule has 6 heteroatoms. The fourth-order valence-electron chi connectivity index (χ4n) is 2.90. The van der Waals surface area contributed by atoms with Crippen LogP contribution in [-0.2, 0) is 6.42 Å². The first-order valence-electron chi connectivity index (χ1n) is 9.18. The van der Waals surface area contributed by atoms with Crippen LogP contribution in [0.2, 0.25) is 0 Å². The molecule has 0 aromatic heterocycles. The van der Waals surface area contributed by atoms with Crippen LogP contribution in [0.1, 0.15) is 54.0 Å². The minimum absolute atomic E-state index is 0.319. The maximum Gasteiger partial charge on any atom is 0.272 e. The number of amides is 2. The number of nitrogens with zero attached hydrogens (tertiary/aromatic N) is 1. The number of rotatable bonds is 5. The van der Waals surface area contributed by atoms with Gasteiger partial charge in [-0.3, -0.25) is 15.0 Å². The van der Waals surface area contributed by atoms with Gasteiger partial charge in [0.25, 0.3) is 11.8 Å². The second kappa shape index (κ2) is 8.78. The Bertz CT molecular complexity index is 856. The SMILES string of the molecule is CCc1c(OC)cccc1C(=O)NN(C(=O)c1cccc(OC)c1)C(C)(C)C. The van der Waals surface area contributed by atoms with Crippen LogP contribution in [0.3, 0.4) is 0 Å². The fraction of sp³-hybridized carbons (Fsp3) is 0.364. The smallest absolute Gasteiger partial charge is 0.272 e. The van der Waals surface area contributed by atoms with Crippen molar-refractivity contribution in [2.45, 2.75) is 39.7 Å². The average molecular weight is 384 g/mol. The van der Waals surface area contributed by atoms with E-state index in [1.807, 2.05) is 33.8 Å². The fourth-order valence-corrected chi connectivity index (χ4v) is 2.90. The molecule has 0 aliphatic carbocycles. The maximum atomic E-state index is 13.1. The molecule has 2 amide bonds. The first kappa shape index (κ1) is 21.3. The van der Waals surface area contributed by atoms with Crippen LogP contribution in [0.4, 0.5) is 0 Å². The van der Waals surface area contributed by atoms with Gasteiger partial charge in [-0.05, 0) is 57.5 Å². The highest BCUT2D eigenvalue weighted by Crippen LogP contribution is 2.24. The van der Waals surface area contributed by atoms with Crippen molar-refractivity contribution < 1.29 is 19.1 Å². The van der Waals surface area contributed by atoms with Crippen LogP contribution in [0, 0.1) is 0 Å². The van der Waals surface area contributed by atoms with E-state index in [-0.39, 0.29) is 11.8 Å². The van der Waals surface area contributed by atoms with Crippen LogP contribution in [-0.4, -0.2) is 36.6 Å². The predicted molar refractivity (Wildman–Crippen MR) is 109 cm³/mol. The van der Waals surface area contributed by atoms with Gasteiger partial charge in [-0.1, -0.05) is 19.1 Å². The summed E-state index contributed by atoms with van der Waals surface area (Å²) in [5, 5.41) is 1.35. The number of benzene rings is 2. The van der Waals surface area contributed by atoms with Gasteiger partial charge in [0.15, 0.2) is 0 Å². The molecule has 0 saturated heterocycles. The van der Waals surface area contributed by atoms with E-state index in [9.17, 15) is 9.59 Å². The van der Waals surface area contributed by atoms with Crippen LogP contribution in [0.25, 0.3) is 0 Å². The van der Waals surface area contributed by atoms with Crippen LogP contribution < -0.4 is 14.9 Å². The van der Waals surface area contributed by atoms with Gasteiger partial charge in [0.2, 0.25) is 0 Å². The summed E-state index contributed by atoms with van der Waals surface area (Å²) in [5.41, 5.74) is 3.85. The number of hydrazine groups is 1. The summed E-state index contributed by atoms with van der Waals surface area (Å²) in [6.45, 7) is 7.53. The van der Waals surface area contributed by atoms with Gasteiger partial charge in [-0.25, -0.2) is 5.01 Å². The van der Waals surface area contributed by atoms with Gasteiger partial charge in [0.1, 0.15) is 11.5 Å². The molecule has 28 heavy (non-hydrogen) atoms. The lowest BCUT2D eigenvalue weighted by molar-refractivity contribution is 0.0358. The molecule has 2 aromatic rings. The molecule has 0 aliphatic rings. The van der Waals surface area contributed by atoms with Gasteiger partial charge in [-0.2, -0.15) is 0 Å². The molecule has 2 aromatic carbocycles. The normalized spacial score (nSPS) is 10.9. The van der Waals surface area contributed by atoms with Gasteiger partial charge < -0.3 is 9.47 Å². The summed E-state index contributed by atoms with van der Waals surface area (Å²) in [4.78, 5) is 26.2. The standard InChI is InChI=1S/C22H28N2O4/c1-7-17-18(12-9-13-19(17)28-6)20(25)23-24(22(2,3)4)21(26)15-10-8-11-16(14-15)27-5/h8-14H,7H2,1-6H3,(H,23,25). The molecule has 1 N–H and O–H groups in total. The van der Waals surface area contributed by atoms with Crippen molar-refractivity contribution in [2.75, 3.05) is 14.2 Å². The van der Waals surface area contributed by atoms with Gasteiger partial charge >= 0.3 is 0 Å². The van der Waals surface area contributed by atoms with Crippen LogP contribution in [0.5, 0.6) is 11.5 Å². The highest BCUT2D eigenvalue weighted by molar-refractivity contribution is 6.00. The number of hydrogen-bond donors (Lipinski definition) is 1. The maximum absolute atomic E-state index is 13.1. The van der Waals surface area contributed by atoms with Crippen molar-refractivity contribution in [1.82, 2.24) is 10.4 Å². The van der Waals surface area contributed by atoms with Crippen molar-refractivity contribution in [2.24, 2.45) is 0 Å². The first-order valence-corrected chi connectivity index (χ1v) is 9.18. The third-order valence-electron chi connectivity index (χ3n) is 4.36. The van der Waals surface area contributed by atoms with E-state index in [4.69, 9.17) is 9.47 Å². The number of methoxy groups -OCH3 is 2. The molecule has 0 heterocycles. The van der Waals surface area contributed by atoms with Gasteiger partial charge in [0.05, 0.1) is 19.8 Å². The van der Waals surface area contributed by atoms with Crippen molar-refractivity contribution in [1.29, 1.82) is 0 Å². The summed E-state index contributed by atoms with van der Waals surface area (Å²) < 4.78 is 10.6. The van der Waals surface area contributed by atoms with Crippen molar-refractivity contribution in [3.63, 3.8) is 0 Å². The predicted octanol–water partition coefficient (Wildman–Crippen LogP) is 3.85. The Labute approximate surface area is 166 Å². The van der Waals surface area contributed by atoms with E-state index >= 15 is 0 Å². The highest BCUT2D eigenvalue weighted by Gasteiger charge is 2.30. The summed E-state index contributed by atoms with van der Waals surface area (Å²) in [6.07, 6.45) is 0.631. The summed E-state index contributed by atoms with van der Waals surface area (Å²) in [7, 11) is 3.12. The summed E-state index contributed by atoms with van der Waals surface area (Å²) in [5.74, 6) is 0.547. The third kappa shape index (κ3) is 4.63. The monoisotopic (exact) mass is 384 g/mol. The first-order chi connectivity index (χ1) is 13.2. The van der Waals surface area contributed by atoms with E-state index in [1.165, 1.54) is 5.01 Å². The zero-order chi connectivity index (χ0) is 20.9.